The Bertz CT molecular complexity index is 292. The Morgan fingerprint density at radius 2 is 1.81 bits per heavy atom. The molecule has 2 atom stereocenters. The van der Waals surface area contributed by atoms with Crippen molar-refractivity contribution in [1.82, 2.24) is 10.4 Å². The van der Waals surface area contributed by atoms with E-state index in [1.807, 2.05) is 5.01 Å². The van der Waals surface area contributed by atoms with Crippen LogP contribution in [-0.4, -0.2) is 34.1 Å². The smallest absolute Gasteiger partial charge is 0.328 e. The summed E-state index contributed by atoms with van der Waals surface area (Å²) in [6, 6.07) is 0.594. The van der Waals surface area contributed by atoms with E-state index in [1.54, 1.807) is 0 Å². The number of carboxylic acids is 1. The highest BCUT2D eigenvalue weighted by atomic mass is 16.4. The van der Waals surface area contributed by atoms with E-state index in [9.17, 15) is 9.59 Å². The van der Waals surface area contributed by atoms with Crippen molar-refractivity contribution in [3.8, 4) is 0 Å². The van der Waals surface area contributed by atoms with Crippen molar-refractivity contribution in [2.75, 3.05) is 0 Å². The summed E-state index contributed by atoms with van der Waals surface area (Å²) in [5.41, 5.74) is 2.72. The minimum absolute atomic E-state index is 0.297. The summed E-state index contributed by atoms with van der Waals surface area (Å²) in [6.45, 7) is 4.10. The molecule has 2 unspecified atom stereocenters. The summed E-state index contributed by atoms with van der Waals surface area (Å²) in [7, 11) is 0. The molecule has 0 aromatic rings. The van der Waals surface area contributed by atoms with Gasteiger partial charge < -0.3 is 5.11 Å². The quantitative estimate of drug-likeness (QED) is 0.702. The summed E-state index contributed by atoms with van der Waals surface area (Å²) in [4.78, 5) is 21.6. The van der Waals surface area contributed by atoms with Crippen LogP contribution in [0.25, 0.3) is 0 Å². The summed E-state index contributed by atoms with van der Waals surface area (Å²) in [5.74, 6) is -1.50. The number of hydrazine groups is 1. The first-order valence-corrected chi connectivity index (χ1v) is 5.50. The standard InChI is InChI=1S/C11H18N2O3/c1-8-4-3-5-9(2)13(8)12-10(14)6-7-11(15)16/h6-9H,3-5H2,1-2H3,(H,12,14)(H,15,16)/b7-6+. The number of nitrogens with zero attached hydrogens (tertiary/aromatic N) is 1. The van der Waals surface area contributed by atoms with Gasteiger partial charge >= 0.3 is 5.97 Å². The van der Waals surface area contributed by atoms with Gasteiger partial charge in [-0.25, -0.2) is 9.80 Å². The maximum Gasteiger partial charge on any atom is 0.328 e. The van der Waals surface area contributed by atoms with Gasteiger partial charge in [0.2, 0.25) is 0 Å². The topological polar surface area (TPSA) is 69.6 Å². The minimum Gasteiger partial charge on any atom is -0.478 e. The monoisotopic (exact) mass is 226 g/mol. The van der Waals surface area contributed by atoms with Gasteiger partial charge in [-0.15, -0.1) is 0 Å². The molecule has 0 aliphatic carbocycles. The van der Waals surface area contributed by atoms with E-state index in [-0.39, 0.29) is 5.91 Å². The van der Waals surface area contributed by atoms with Gasteiger partial charge in [0.1, 0.15) is 0 Å². The van der Waals surface area contributed by atoms with Gasteiger partial charge in [-0.2, -0.15) is 0 Å². The zero-order chi connectivity index (χ0) is 12.1. The van der Waals surface area contributed by atoms with Gasteiger partial charge in [0.05, 0.1) is 0 Å². The molecule has 0 aromatic heterocycles. The van der Waals surface area contributed by atoms with Crippen LogP contribution in [0.5, 0.6) is 0 Å². The average Bonchev–Trinajstić information content (AvgIpc) is 2.21. The van der Waals surface area contributed by atoms with Crippen LogP contribution in [0.2, 0.25) is 0 Å². The fourth-order valence-electron chi connectivity index (χ4n) is 1.95. The zero-order valence-electron chi connectivity index (χ0n) is 9.64. The number of carbonyl (C=O) groups is 2. The van der Waals surface area contributed by atoms with Crippen molar-refractivity contribution in [2.45, 2.75) is 45.2 Å². The summed E-state index contributed by atoms with van der Waals surface area (Å²) in [5, 5.41) is 10.3. The Morgan fingerprint density at radius 1 is 1.25 bits per heavy atom. The highest BCUT2D eigenvalue weighted by Crippen LogP contribution is 2.19. The molecule has 1 aliphatic heterocycles. The second kappa shape index (κ2) is 5.65. The number of aliphatic carboxylic acids is 1. The predicted molar refractivity (Wildman–Crippen MR) is 59.5 cm³/mol. The molecule has 0 radical (unpaired) electrons. The first-order chi connectivity index (χ1) is 7.50. The normalized spacial score (nSPS) is 26.9. The van der Waals surface area contributed by atoms with Crippen LogP contribution in [0.3, 0.4) is 0 Å². The lowest BCUT2D eigenvalue weighted by Gasteiger charge is -2.38. The molecule has 5 heteroatoms. The van der Waals surface area contributed by atoms with Gasteiger partial charge in [0.15, 0.2) is 0 Å². The van der Waals surface area contributed by atoms with Crippen molar-refractivity contribution in [1.29, 1.82) is 0 Å². The highest BCUT2D eigenvalue weighted by molar-refractivity contribution is 5.93. The molecule has 1 aliphatic rings. The third-order valence-electron chi connectivity index (χ3n) is 2.81. The summed E-state index contributed by atoms with van der Waals surface area (Å²) in [6.07, 6.45) is 5.14. The molecule has 1 amide bonds. The van der Waals surface area contributed by atoms with Crippen LogP contribution >= 0.6 is 0 Å². The molecule has 0 saturated carbocycles. The van der Waals surface area contributed by atoms with Crippen molar-refractivity contribution in [3.63, 3.8) is 0 Å². The lowest BCUT2D eigenvalue weighted by atomic mass is 10.00. The van der Waals surface area contributed by atoms with E-state index in [2.05, 4.69) is 19.3 Å². The third kappa shape index (κ3) is 3.66. The lowest BCUT2D eigenvalue weighted by molar-refractivity contribution is -0.132. The molecular formula is C11H18N2O3. The van der Waals surface area contributed by atoms with Crippen LogP contribution in [0, 0.1) is 0 Å². The second-order valence-electron chi connectivity index (χ2n) is 4.18. The third-order valence-corrected chi connectivity index (χ3v) is 2.81. The van der Waals surface area contributed by atoms with Crippen LogP contribution in [0.4, 0.5) is 0 Å². The van der Waals surface area contributed by atoms with Crippen molar-refractivity contribution in [3.05, 3.63) is 12.2 Å². The molecule has 1 rings (SSSR count). The molecule has 1 fully saturated rings. The minimum atomic E-state index is -1.12. The average molecular weight is 226 g/mol. The molecule has 16 heavy (non-hydrogen) atoms. The molecule has 1 heterocycles. The molecule has 1 saturated heterocycles. The van der Waals surface area contributed by atoms with E-state index in [4.69, 9.17) is 5.11 Å². The van der Waals surface area contributed by atoms with E-state index < -0.39 is 5.97 Å². The SMILES string of the molecule is CC1CCCC(C)N1NC(=O)/C=C/C(=O)O. The fraction of sp³-hybridized carbons (Fsp3) is 0.636. The fourth-order valence-corrected chi connectivity index (χ4v) is 1.95. The number of amides is 1. The largest absolute Gasteiger partial charge is 0.478 e. The maximum absolute atomic E-state index is 11.4. The molecule has 0 spiro atoms. The van der Waals surface area contributed by atoms with Crippen LogP contribution in [-0.2, 0) is 9.59 Å². The Labute approximate surface area is 95.1 Å². The van der Waals surface area contributed by atoms with Crippen molar-refractivity contribution in [2.24, 2.45) is 0 Å². The number of hydrogen-bond acceptors (Lipinski definition) is 3. The Hall–Kier alpha value is -1.36. The molecule has 5 nitrogen and oxygen atoms in total. The second-order valence-corrected chi connectivity index (χ2v) is 4.18. The van der Waals surface area contributed by atoms with Crippen LogP contribution in [0.15, 0.2) is 12.2 Å². The number of nitrogens with one attached hydrogen (secondary N) is 1. The van der Waals surface area contributed by atoms with E-state index in [0.29, 0.717) is 12.1 Å². The maximum atomic E-state index is 11.4. The predicted octanol–water partition coefficient (Wildman–Crippen LogP) is 0.921. The number of carbonyl (C=O) groups excluding carboxylic acids is 1. The number of piperidine rings is 1. The van der Waals surface area contributed by atoms with E-state index in [1.165, 1.54) is 6.42 Å². The van der Waals surface area contributed by atoms with Crippen molar-refractivity contribution >= 4 is 11.9 Å². The lowest BCUT2D eigenvalue weighted by Crippen LogP contribution is -2.53. The number of carboxylic acid groups (broad SMARTS) is 1. The number of rotatable bonds is 3. The zero-order valence-corrected chi connectivity index (χ0v) is 9.64. The van der Waals surface area contributed by atoms with Gasteiger partial charge in [-0.05, 0) is 26.7 Å². The van der Waals surface area contributed by atoms with Gasteiger partial charge in [0.25, 0.3) is 5.91 Å². The molecular weight excluding hydrogens is 208 g/mol. The van der Waals surface area contributed by atoms with Gasteiger partial charge in [0, 0.05) is 24.2 Å². The molecule has 0 bridgehead atoms. The number of hydrogen-bond donors (Lipinski definition) is 2. The van der Waals surface area contributed by atoms with Gasteiger partial charge in [-0.3, -0.25) is 10.2 Å². The highest BCUT2D eigenvalue weighted by Gasteiger charge is 2.25. The molecule has 2 N–H and O–H groups in total. The Kier molecular flexibility index (Phi) is 4.49. The summed E-state index contributed by atoms with van der Waals surface area (Å²) < 4.78 is 0. The van der Waals surface area contributed by atoms with E-state index >= 15 is 0 Å². The molecule has 90 valence electrons. The van der Waals surface area contributed by atoms with Crippen molar-refractivity contribution < 1.29 is 14.7 Å². The Balaban J connectivity index is 2.51. The summed E-state index contributed by atoms with van der Waals surface area (Å²) >= 11 is 0. The first-order valence-electron chi connectivity index (χ1n) is 5.50. The first kappa shape index (κ1) is 12.7. The van der Waals surface area contributed by atoms with Crippen LogP contribution in [0.1, 0.15) is 33.1 Å². The van der Waals surface area contributed by atoms with Gasteiger partial charge in [-0.1, -0.05) is 6.42 Å². The Morgan fingerprint density at radius 3 is 2.31 bits per heavy atom. The van der Waals surface area contributed by atoms with Crippen LogP contribution < -0.4 is 5.43 Å². The van der Waals surface area contributed by atoms with E-state index in [0.717, 1.165) is 25.0 Å². The molecule has 0 aromatic carbocycles.